The molecule has 0 saturated carbocycles. The molecule has 24 heavy (non-hydrogen) atoms. The van der Waals surface area contributed by atoms with Crippen molar-refractivity contribution in [2.45, 2.75) is 82.5 Å². The van der Waals surface area contributed by atoms with E-state index in [4.69, 9.17) is 10.2 Å². The van der Waals surface area contributed by atoms with Crippen molar-refractivity contribution in [1.82, 2.24) is 0 Å². The molecule has 5 nitrogen and oxygen atoms in total. The molecule has 0 spiro atoms. The molecule has 142 valence electrons. The lowest BCUT2D eigenvalue weighted by molar-refractivity contribution is 0.138. The largest absolute Gasteiger partial charge is 0.396 e. The van der Waals surface area contributed by atoms with Crippen molar-refractivity contribution in [2.24, 2.45) is 0 Å². The van der Waals surface area contributed by atoms with E-state index in [0.717, 1.165) is 38.5 Å². The van der Waals surface area contributed by atoms with Gasteiger partial charge in [0.1, 0.15) is 0 Å². The van der Waals surface area contributed by atoms with Gasteiger partial charge in [-0.25, -0.2) is 0 Å². The zero-order valence-electron chi connectivity index (χ0n) is 14.8. The fourth-order valence-electron chi connectivity index (χ4n) is 2.43. The van der Waals surface area contributed by atoms with Crippen LogP contribution >= 0.6 is 0 Å². The number of unbranched alkanes of at least 4 members (excludes halogenated alkanes) is 3. The van der Waals surface area contributed by atoms with E-state index in [1.54, 1.807) is 24.3 Å². The minimum absolute atomic E-state index is 0.0757. The second-order valence-electron chi connectivity index (χ2n) is 6.25. The number of aliphatic hydroxyl groups is 5. The van der Waals surface area contributed by atoms with Gasteiger partial charge in [0, 0.05) is 13.2 Å². The number of hydrogen-bond donors (Lipinski definition) is 5. The molecule has 0 rings (SSSR count). The molecule has 0 fully saturated rings. The molecule has 0 heterocycles. The Hall–Kier alpha value is -0.720. The average molecular weight is 344 g/mol. The van der Waals surface area contributed by atoms with E-state index in [-0.39, 0.29) is 19.3 Å². The van der Waals surface area contributed by atoms with Crippen LogP contribution < -0.4 is 0 Å². The van der Waals surface area contributed by atoms with Gasteiger partial charge < -0.3 is 25.5 Å². The fourth-order valence-corrected chi connectivity index (χ4v) is 2.43. The summed E-state index contributed by atoms with van der Waals surface area (Å²) in [5.74, 6) is 0. The molecular formula is C19H36O5. The molecule has 0 radical (unpaired) electrons. The lowest BCUT2D eigenvalue weighted by Crippen LogP contribution is -2.09. The molecule has 5 N–H and O–H groups in total. The third-order valence-corrected chi connectivity index (χ3v) is 3.87. The summed E-state index contributed by atoms with van der Waals surface area (Å²) in [6.45, 7) is 0.316. The Balaban J connectivity index is 3.63. The minimum atomic E-state index is -0.590. The maximum Gasteiger partial charge on any atom is 0.0755 e. The highest BCUT2D eigenvalue weighted by atomic mass is 16.3. The smallest absolute Gasteiger partial charge is 0.0755 e. The van der Waals surface area contributed by atoms with E-state index >= 15 is 0 Å². The van der Waals surface area contributed by atoms with Gasteiger partial charge in [0.25, 0.3) is 0 Å². The van der Waals surface area contributed by atoms with E-state index in [0.29, 0.717) is 25.7 Å². The Kier molecular flexibility index (Phi) is 16.6. The van der Waals surface area contributed by atoms with Crippen LogP contribution in [0.15, 0.2) is 24.3 Å². The summed E-state index contributed by atoms with van der Waals surface area (Å²) in [6, 6.07) is 0. The van der Waals surface area contributed by atoms with Crippen LogP contribution in [-0.4, -0.2) is 57.1 Å². The zero-order chi connectivity index (χ0) is 18.0. The van der Waals surface area contributed by atoms with Crippen LogP contribution in [0.3, 0.4) is 0 Å². The summed E-state index contributed by atoms with van der Waals surface area (Å²) in [5, 5.41) is 46.6. The molecular weight excluding hydrogens is 308 g/mol. The molecule has 0 amide bonds. The van der Waals surface area contributed by atoms with E-state index in [1.165, 1.54) is 0 Å². The molecule has 5 heteroatoms. The van der Waals surface area contributed by atoms with Crippen LogP contribution in [0.2, 0.25) is 0 Å². The van der Waals surface area contributed by atoms with E-state index in [2.05, 4.69) is 0 Å². The Morgan fingerprint density at radius 3 is 2.00 bits per heavy atom. The number of hydrogen-bond acceptors (Lipinski definition) is 5. The maximum atomic E-state index is 9.86. The topological polar surface area (TPSA) is 101 Å². The van der Waals surface area contributed by atoms with Crippen LogP contribution in [0.1, 0.15) is 64.2 Å². The van der Waals surface area contributed by atoms with Gasteiger partial charge in [0.2, 0.25) is 0 Å². The van der Waals surface area contributed by atoms with Gasteiger partial charge in [-0.3, -0.25) is 0 Å². The van der Waals surface area contributed by atoms with Crippen molar-refractivity contribution in [3.63, 3.8) is 0 Å². The summed E-state index contributed by atoms with van der Waals surface area (Å²) < 4.78 is 0. The second kappa shape index (κ2) is 17.1. The first-order chi connectivity index (χ1) is 11.6. The van der Waals surface area contributed by atoms with Crippen LogP contribution in [0.25, 0.3) is 0 Å². The van der Waals surface area contributed by atoms with Crippen LogP contribution in [-0.2, 0) is 0 Å². The summed E-state index contributed by atoms with van der Waals surface area (Å²) >= 11 is 0. The molecule has 0 aliphatic carbocycles. The first kappa shape index (κ1) is 23.3. The second-order valence-corrected chi connectivity index (χ2v) is 6.25. The lowest BCUT2D eigenvalue weighted by Gasteiger charge is -2.11. The highest BCUT2D eigenvalue weighted by Gasteiger charge is 2.06. The van der Waals surface area contributed by atoms with Crippen molar-refractivity contribution in [3.8, 4) is 0 Å². The van der Waals surface area contributed by atoms with Crippen LogP contribution in [0.4, 0.5) is 0 Å². The van der Waals surface area contributed by atoms with Crippen molar-refractivity contribution >= 4 is 0 Å². The summed E-state index contributed by atoms with van der Waals surface area (Å²) in [5.41, 5.74) is 0. The van der Waals surface area contributed by atoms with Gasteiger partial charge in [-0.2, -0.15) is 0 Å². The normalized spacial score (nSPS) is 16.0. The van der Waals surface area contributed by atoms with E-state index in [9.17, 15) is 15.3 Å². The van der Waals surface area contributed by atoms with Crippen molar-refractivity contribution in [1.29, 1.82) is 0 Å². The SMILES string of the molecule is OCC/C=C/[C@H](O)C/C=C/[C@H](O)CCC[C@H](O)CCCCCCO. The summed E-state index contributed by atoms with van der Waals surface area (Å²) in [4.78, 5) is 0. The first-order valence-electron chi connectivity index (χ1n) is 9.19. The highest BCUT2D eigenvalue weighted by molar-refractivity contribution is 4.96. The van der Waals surface area contributed by atoms with Crippen LogP contribution in [0, 0.1) is 0 Å². The predicted molar refractivity (Wildman–Crippen MR) is 96.6 cm³/mol. The van der Waals surface area contributed by atoms with E-state index < -0.39 is 12.2 Å². The Morgan fingerprint density at radius 1 is 0.625 bits per heavy atom. The van der Waals surface area contributed by atoms with Gasteiger partial charge in [0.15, 0.2) is 0 Å². The third kappa shape index (κ3) is 16.1. The zero-order valence-corrected chi connectivity index (χ0v) is 14.8. The van der Waals surface area contributed by atoms with Gasteiger partial charge in [0.05, 0.1) is 18.3 Å². The Morgan fingerprint density at radius 2 is 1.29 bits per heavy atom. The van der Waals surface area contributed by atoms with Crippen LogP contribution in [0.5, 0.6) is 0 Å². The molecule has 0 aliphatic rings. The lowest BCUT2D eigenvalue weighted by atomic mass is 10.0. The highest BCUT2D eigenvalue weighted by Crippen LogP contribution is 2.12. The Bertz CT molecular complexity index is 317. The molecule has 0 bridgehead atoms. The molecule has 0 aromatic heterocycles. The monoisotopic (exact) mass is 344 g/mol. The predicted octanol–water partition coefficient (Wildman–Crippen LogP) is 2.07. The van der Waals surface area contributed by atoms with Crippen molar-refractivity contribution < 1.29 is 25.5 Å². The van der Waals surface area contributed by atoms with Crippen molar-refractivity contribution in [3.05, 3.63) is 24.3 Å². The standard InChI is InChI=1S/C19H36O5/c20-15-5-2-1-3-9-17(22)11-7-13-19(24)14-8-12-18(23)10-4-6-16-21/h4,8,10,14,17-24H,1-3,5-7,9,11-13,15-16H2/b10-4+,14-8+/t17-,18+,19-/m1/s1. The maximum absolute atomic E-state index is 9.86. The fraction of sp³-hybridized carbons (Fsp3) is 0.789. The van der Waals surface area contributed by atoms with E-state index in [1.807, 2.05) is 0 Å². The molecule has 0 saturated heterocycles. The van der Waals surface area contributed by atoms with Gasteiger partial charge in [-0.1, -0.05) is 43.6 Å². The summed E-state index contributed by atoms with van der Waals surface area (Å²) in [6.07, 6.45) is 13.1. The Labute approximate surface area is 146 Å². The van der Waals surface area contributed by atoms with Gasteiger partial charge in [-0.05, 0) is 44.9 Å². The van der Waals surface area contributed by atoms with Crippen molar-refractivity contribution in [2.75, 3.05) is 13.2 Å². The average Bonchev–Trinajstić information content (AvgIpc) is 2.55. The minimum Gasteiger partial charge on any atom is -0.396 e. The first-order valence-corrected chi connectivity index (χ1v) is 9.19. The molecule has 0 unspecified atom stereocenters. The quantitative estimate of drug-likeness (QED) is 0.218. The van der Waals surface area contributed by atoms with Gasteiger partial charge in [-0.15, -0.1) is 0 Å². The summed E-state index contributed by atoms with van der Waals surface area (Å²) in [7, 11) is 0. The third-order valence-electron chi connectivity index (χ3n) is 3.87. The molecule has 0 aromatic carbocycles. The molecule has 0 aromatic rings. The molecule has 3 atom stereocenters. The molecule has 0 aliphatic heterocycles. The number of rotatable bonds is 16. The number of aliphatic hydroxyl groups excluding tert-OH is 5. The van der Waals surface area contributed by atoms with Gasteiger partial charge >= 0.3 is 0 Å².